The maximum atomic E-state index is 14.8. The highest BCUT2D eigenvalue weighted by atomic mass is 19.1. The molecule has 4 heteroatoms. The summed E-state index contributed by atoms with van der Waals surface area (Å²) in [4.78, 5) is 8.92. The van der Waals surface area contributed by atoms with Crippen LogP contribution < -0.4 is 0 Å². The largest absolute Gasteiger partial charge is 0.256 e. The minimum atomic E-state index is -0.395. The van der Waals surface area contributed by atoms with E-state index in [0.29, 0.717) is 11.3 Å². The number of pyridine rings is 2. The van der Waals surface area contributed by atoms with Crippen molar-refractivity contribution in [3.63, 3.8) is 0 Å². The summed E-state index contributed by atoms with van der Waals surface area (Å²) < 4.78 is 28.4. The lowest BCUT2D eigenvalue weighted by atomic mass is 9.82. The molecule has 0 saturated carbocycles. The van der Waals surface area contributed by atoms with Gasteiger partial charge in [0, 0.05) is 17.3 Å². The zero-order valence-electron chi connectivity index (χ0n) is 19.0. The Bertz CT molecular complexity index is 1290. The molecule has 32 heavy (non-hydrogen) atoms. The molecule has 0 amide bonds. The predicted molar refractivity (Wildman–Crippen MR) is 126 cm³/mol. The Morgan fingerprint density at radius 2 is 1.50 bits per heavy atom. The Morgan fingerprint density at radius 3 is 2.16 bits per heavy atom. The second-order valence-corrected chi connectivity index (χ2v) is 9.19. The first-order valence-corrected chi connectivity index (χ1v) is 10.6. The van der Waals surface area contributed by atoms with Crippen molar-refractivity contribution in [2.75, 3.05) is 0 Å². The molecule has 2 aromatic carbocycles. The number of hydrogen-bond donors (Lipinski definition) is 0. The number of nitrogens with zero attached hydrogens (tertiary/aromatic N) is 2. The lowest BCUT2D eigenvalue weighted by Gasteiger charge is -2.22. The average molecular weight is 429 g/mol. The first-order chi connectivity index (χ1) is 15.1. The Morgan fingerprint density at radius 1 is 0.719 bits per heavy atom. The third-order valence-electron chi connectivity index (χ3n) is 5.74. The van der Waals surface area contributed by atoms with E-state index in [-0.39, 0.29) is 11.2 Å². The van der Waals surface area contributed by atoms with Gasteiger partial charge in [0.05, 0.1) is 17.6 Å². The molecule has 0 N–H and O–H groups in total. The van der Waals surface area contributed by atoms with Crippen LogP contribution in [0.5, 0.6) is 0 Å². The fourth-order valence-corrected chi connectivity index (χ4v) is 3.86. The van der Waals surface area contributed by atoms with Gasteiger partial charge in [-0.2, -0.15) is 0 Å². The van der Waals surface area contributed by atoms with Crippen LogP contribution in [0.25, 0.3) is 33.6 Å². The van der Waals surface area contributed by atoms with Crippen molar-refractivity contribution in [3.8, 4) is 33.6 Å². The minimum Gasteiger partial charge on any atom is -0.256 e. The zero-order chi connectivity index (χ0) is 23.0. The maximum Gasteiger partial charge on any atom is 0.141 e. The van der Waals surface area contributed by atoms with Crippen LogP contribution in [0.1, 0.15) is 37.5 Å². The van der Waals surface area contributed by atoms with Crippen molar-refractivity contribution in [1.29, 1.82) is 0 Å². The van der Waals surface area contributed by atoms with Gasteiger partial charge < -0.3 is 0 Å². The molecule has 0 aliphatic carbocycles. The summed E-state index contributed by atoms with van der Waals surface area (Å²) in [6, 6.07) is 16.5. The van der Waals surface area contributed by atoms with Crippen LogP contribution in [-0.4, -0.2) is 9.97 Å². The number of rotatable bonds is 3. The molecule has 0 fully saturated rings. The van der Waals surface area contributed by atoms with Crippen molar-refractivity contribution in [3.05, 3.63) is 95.3 Å². The molecule has 162 valence electrons. The second kappa shape index (κ2) is 8.27. The predicted octanol–water partition coefficient (Wildman–Crippen LogP) is 7.67. The van der Waals surface area contributed by atoms with Gasteiger partial charge in [-0.05, 0) is 83.5 Å². The summed E-state index contributed by atoms with van der Waals surface area (Å²) in [5, 5.41) is 0. The highest BCUT2D eigenvalue weighted by molar-refractivity contribution is 5.91. The van der Waals surface area contributed by atoms with E-state index in [1.54, 1.807) is 25.3 Å². The molecule has 2 heterocycles. The molecule has 4 aromatic rings. The minimum absolute atomic E-state index is 0.0910. The van der Waals surface area contributed by atoms with E-state index in [1.165, 1.54) is 12.3 Å². The second-order valence-electron chi connectivity index (χ2n) is 9.19. The van der Waals surface area contributed by atoms with Gasteiger partial charge in [-0.1, -0.05) is 39.0 Å². The lowest BCUT2D eigenvalue weighted by Crippen LogP contribution is -2.11. The summed E-state index contributed by atoms with van der Waals surface area (Å²) in [5.41, 5.74) is 7.28. The molecule has 0 saturated heterocycles. The van der Waals surface area contributed by atoms with Crippen LogP contribution in [0.15, 0.2) is 67.0 Å². The van der Waals surface area contributed by atoms with E-state index < -0.39 is 5.82 Å². The molecule has 0 atom stereocenters. The molecule has 0 aliphatic rings. The first kappa shape index (κ1) is 21.8. The highest BCUT2D eigenvalue weighted by Gasteiger charge is 2.21. The highest BCUT2D eigenvalue weighted by Crippen LogP contribution is 2.41. The third kappa shape index (κ3) is 4.18. The van der Waals surface area contributed by atoms with Gasteiger partial charge in [0.1, 0.15) is 11.6 Å². The molecule has 0 aliphatic heterocycles. The summed E-state index contributed by atoms with van der Waals surface area (Å²) >= 11 is 0. The smallest absolute Gasteiger partial charge is 0.141 e. The Kier molecular flexibility index (Phi) is 5.64. The first-order valence-electron chi connectivity index (χ1n) is 10.6. The van der Waals surface area contributed by atoms with Crippen molar-refractivity contribution < 1.29 is 8.78 Å². The quantitative estimate of drug-likeness (QED) is 0.335. The van der Waals surface area contributed by atoms with Crippen LogP contribution >= 0.6 is 0 Å². The standard InChI is InChI=1S/C28H26F2N2/c1-17-7-6-12-31-27(17)24-13-18(2)25(30)15-22(24)21-10-8-19(28(3,4)5)14-23(21)26-11-9-20(29)16-32-26/h6-16H,1-5H3. The maximum absolute atomic E-state index is 14.8. The molecular weight excluding hydrogens is 402 g/mol. The van der Waals surface area contributed by atoms with Gasteiger partial charge in [0.25, 0.3) is 0 Å². The number of aromatic nitrogens is 2. The van der Waals surface area contributed by atoms with Gasteiger partial charge >= 0.3 is 0 Å². The summed E-state index contributed by atoms with van der Waals surface area (Å²) in [7, 11) is 0. The van der Waals surface area contributed by atoms with Crippen LogP contribution in [-0.2, 0) is 5.41 Å². The van der Waals surface area contributed by atoms with Crippen LogP contribution in [0.2, 0.25) is 0 Å². The van der Waals surface area contributed by atoms with Crippen LogP contribution in [0, 0.1) is 25.5 Å². The molecule has 0 spiro atoms. The number of halogens is 2. The number of hydrogen-bond acceptors (Lipinski definition) is 2. The SMILES string of the molecule is Cc1cc(-c2ncccc2C)c(-c2ccc(C(C)(C)C)cc2-c2ccc(F)cn2)cc1F. The summed E-state index contributed by atoms with van der Waals surface area (Å²) in [6.45, 7) is 10.2. The molecule has 2 aromatic heterocycles. The van der Waals surface area contributed by atoms with Gasteiger partial charge in [-0.3, -0.25) is 9.97 Å². The summed E-state index contributed by atoms with van der Waals surface area (Å²) in [6.07, 6.45) is 2.96. The van der Waals surface area contributed by atoms with Crippen molar-refractivity contribution in [2.45, 2.75) is 40.0 Å². The van der Waals surface area contributed by atoms with E-state index in [2.05, 4.69) is 42.9 Å². The van der Waals surface area contributed by atoms with Crippen molar-refractivity contribution in [2.24, 2.45) is 0 Å². The van der Waals surface area contributed by atoms with E-state index in [4.69, 9.17) is 0 Å². The van der Waals surface area contributed by atoms with Gasteiger partial charge in [0.15, 0.2) is 0 Å². The zero-order valence-corrected chi connectivity index (χ0v) is 19.0. The Labute approximate surface area is 188 Å². The summed E-state index contributed by atoms with van der Waals surface area (Å²) in [5.74, 6) is -0.677. The van der Waals surface area contributed by atoms with Crippen molar-refractivity contribution >= 4 is 0 Å². The molecule has 0 unspecified atom stereocenters. The normalized spacial score (nSPS) is 11.6. The van der Waals surface area contributed by atoms with E-state index in [9.17, 15) is 8.78 Å². The van der Waals surface area contributed by atoms with Crippen LogP contribution in [0.3, 0.4) is 0 Å². The molecule has 2 nitrogen and oxygen atoms in total. The van der Waals surface area contributed by atoms with Gasteiger partial charge in [-0.15, -0.1) is 0 Å². The van der Waals surface area contributed by atoms with E-state index in [0.717, 1.165) is 39.1 Å². The Hall–Kier alpha value is -3.40. The third-order valence-corrected chi connectivity index (χ3v) is 5.74. The fourth-order valence-electron chi connectivity index (χ4n) is 3.86. The number of aryl methyl sites for hydroxylation is 2. The Balaban J connectivity index is 2.05. The molecule has 0 radical (unpaired) electrons. The number of benzene rings is 2. The average Bonchev–Trinajstić information content (AvgIpc) is 2.75. The van der Waals surface area contributed by atoms with Gasteiger partial charge in [0.2, 0.25) is 0 Å². The lowest BCUT2D eigenvalue weighted by molar-refractivity contribution is 0.590. The topological polar surface area (TPSA) is 25.8 Å². The van der Waals surface area contributed by atoms with Gasteiger partial charge in [-0.25, -0.2) is 8.78 Å². The monoisotopic (exact) mass is 428 g/mol. The fraction of sp³-hybridized carbons (Fsp3) is 0.214. The van der Waals surface area contributed by atoms with E-state index in [1.807, 2.05) is 31.2 Å². The van der Waals surface area contributed by atoms with E-state index >= 15 is 0 Å². The molecule has 4 rings (SSSR count). The molecular formula is C28H26F2N2. The van der Waals surface area contributed by atoms with Crippen LogP contribution in [0.4, 0.5) is 8.78 Å². The van der Waals surface area contributed by atoms with Crippen molar-refractivity contribution in [1.82, 2.24) is 9.97 Å². The molecule has 0 bridgehead atoms.